The maximum atomic E-state index is 4.86. The van der Waals surface area contributed by atoms with Crippen LogP contribution in [0.4, 0.5) is 0 Å². The molecule has 4 bridgehead atoms. The summed E-state index contributed by atoms with van der Waals surface area (Å²) in [5, 5.41) is 3.65. The van der Waals surface area contributed by atoms with Gasteiger partial charge in [0.1, 0.15) is 0 Å². The zero-order chi connectivity index (χ0) is 32.3. The summed E-state index contributed by atoms with van der Waals surface area (Å²) in [7, 11) is 6.45. The highest BCUT2D eigenvalue weighted by Crippen LogP contribution is 2.54. The van der Waals surface area contributed by atoms with Crippen LogP contribution in [0.2, 0.25) is 0 Å². The van der Waals surface area contributed by atoms with Gasteiger partial charge in [0.25, 0.3) is 0 Å². The number of methoxy groups -OCH3 is 1. The molecule has 0 amide bonds. The molecule has 2 saturated carbocycles. The predicted octanol–water partition coefficient (Wildman–Crippen LogP) is 6.12. The van der Waals surface area contributed by atoms with Crippen molar-refractivity contribution in [2.75, 3.05) is 67.0 Å². The highest BCUT2D eigenvalue weighted by molar-refractivity contribution is 5.45. The molecular formula is C42H62N4O. The van der Waals surface area contributed by atoms with Gasteiger partial charge in [-0.1, -0.05) is 47.5 Å². The van der Waals surface area contributed by atoms with Crippen molar-refractivity contribution in [2.45, 2.75) is 107 Å². The molecule has 6 atom stereocenters. The van der Waals surface area contributed by atoms with Gasteiger partial charge in [-0.3, -0.25) is 0 Å². The van der Waals surface area contributed by atoms with E-state index in [9.17, 15) is 0 Å². The van der Waals surface area contributed by atoms with E-state index in [0.29, 0.717) is 16.9 Å². The van der Waals surface area contributed by atoms with Crippen molar-refractivity contribution >= 4 is 0 Å². The molecule has 256 valence electrons. The minimum absolute atomic E-state index is 0.474. The van der Waals surface area contributed by atoms with Gasteiger partial charge in [-0.05, 0) is 158 Å². The van der Waals surface area contributed by atoms with E-state index < -0.39 is 0 Å². The molecule has 2 aromatic rings. The Kier molecular flexibility index (Phi) is 8.87. The van der Waals surface area contributed by atoms with Gasteiger partial charge in [-0.2, -0.15) is 0 Å². The second kappa shape index (κ2) is 12.8. The second-order valence-corrected chi connectivity index (χ2v) is 17.2. The van der Waals surface area contributed by atoms with E-state index in [1.807, 2.05) is 0 Å². The highest BCUT2D eigenvalue weighted by Gasteiger charge is 2.55. The van der Waals surface area contributed by atoms with Crippen LogP contribution in [-0.2, 0) is 28.4 Å². The lowest BCUT2D eigenvalue weighted by atomic mass is 9.54. The fourth-order valence-corrected chi connectivity index (χ4v) is 11.1. The molecule has 47 heavy (non-hydrogen) atoms. The van der Waals surface area contributed by atoms with E-state index in [2.05, 4.69) is 84.4 Å². The van der Waals surface area contributed by atoms with Crippen LogP contribution in [-0.4, -0.2) is 99.9 Å². The molecular weight excluding hydrogens is 576 g/mol. The van der Waals surface area contributed by atoms with Gasteiger partial charge < -0.3 is 24.8 Å². The van der Waals surface area contributed by atoms with Crippen molar-refractivity contribution in [3.63, 3.8) is 0 Å². The number of fused-ring (bicyclic) bond motifs is 2. The summed E-state index contributed by atoms with van der Waals surface area (Å²) >= 11 is 0. The first-order chi connectivity index (χ1) is 22.8. The summed E-state index contributed by atoms with van der Waals surface area (Å²) in [6.07, 6.45) is 14.2. The van der Waals surface area contributed by atoms with Crippen molar-refractivity contribution in [1.29, 1.82) is 0 Å². The Morgan fingerprint density at radius 2 is 1.32 bits per heavy atom. The number of nitrogens with one attached hydrogen (secondary N) is 1. The van der Waals surface area contributed by atoms with Crippen LogP contribution in [0.15, 0.2) is 36.4 Å². The summed E-state index contributed by atoms with van der Waals surface area (Å²) in [4.78, 5) is 8.10. The van der Waals surface area contributed by atoms with Crippen LogP contribution in [0.25, 0.3) is 0 Å². The van der Waals surface area contributed by atoms with Crippen molar-refractivity contribution in [2.24, 2.45) is 17.8 Å². The van der Waals surface area contributed by atoms with Gasteiger partial charge in [-0.15, -0.1) is 0 Å². The fraction of sp³-hybridized carbons (Fsp3) is 0.714. The van der Waals surface area contributed by atoms with Crippen LogP contribution < -0.4 is 5.32 Å². The van der Waals surface area contributed by atoms with Gasteiger partial charge in [0.05, 0.1) is 6.10 Å². The number of piperidine rings is 4. The van der Waals surface area contributed by atoms with E-state index >= 15 is 0 Å². The number of rotatable bonds is 3. The quantitative estimate of drug-likeness (QED) is 0.438. The molecule has 4 aliphatic heterocycles. The zero-order valence-electron chi connectivity index (χ0n) is 30.2. The molecule has 10 rings (SSSR count). The van der Waals surface area contributed by atoms with E-state index in [1.54, 1.807) is 29.4 Å². The SMILES string of the molecule is COC1CC1.Cc1ccc2c(c1)[C@@]13CCN(CC4CC4)C[C@H]1[C@@H](C2)N(C)CC3.Cc1ccc2c(c1)[C@@]13CCNC[C@H]1[C@@H](C2)N(C)CC3. The third-order valence-electron chi connectivity index (χ3n) is 14.3. The average molecular weight is 639 g/mol. The first kappa shape index (κ1) is 32.4. The van der Waals surface area contributed by atoms with E-state index in [-0.39, 0.29) is 0 Å². The van der Waals surface area contributed by atoms with Gasteiger partial charge >= 0.3 is 0 Å². The third kappa shape index (κ3) is 6.05. The Bertz CT molecular complexity index is 1430. The largest absolute Gasteiger partial charge is 0.381 e. The van der Waals surface area contributed by atoms with Crippen molar-refractivity contribution in [1.82, 2.24) is 20.0 Å². The first-order valence-corrected chi connectivity index (χ1v) is 19.4. The van der Waals surface area contributed by atoms with Gasteiger partial charge in [-0.25, -0.2) is 0 Å². The maximum Gasteiger partial charge on any atom is 0.0573 e. The van der Waals surface area contributed by atoms with Crippen LogP contribution in [0.1, 0.15) is 84.7 Å². The normalized spacial score (nSPS) is 35.9. The van der Waals surface area contributed by atoms with E-state index in [4.69, 9.17) is 4.74 Å². The number of likely N-dealkylation sites (N-methyl/N-ethyl adjacent to an activating group) is 2. The predicted molar refractivity (Wildman–Crippen MR) is 193 cm³/mol. The molecule has 4 aliphatic carbocycles. The molecule has 4 saturated heterocycles. The first-order valence-electron chi connectivity index (χ1n) is 19.4. The van der Waals surface area contributed by atoms with Gasteiger partial charge in [0.15, 0.2) is 0 Å². The molecule has 0 aromatic heterocycles. The Morgan fingerprint density at radius 1 is 0.745 bits per heavy atom. The number of benzene rings is 2. The molecule has 0 radical (unpaired) electrons. The minimum atomic E-state index is 0.474. The van der Waals surface area contributed by atoms with Crippen LogP contribution in [0.3, 0.4) is 0 Å². The van der Waals surface area contributed by atoms with E-state index in [0.717, 1.165) is 29.8 Å². The number of aryl methyl sites for hydroxylation is 2. The third-order valence-corrected chi connectivity index (χ3v) is 14.3. The highest BCUT2D eigenvalue weighted by atomic mass is 16.5. The van der Waals surface area contributed by atoms with Gasteiger partial charge in [0.2, 0.25) is 0 Å². The van der Waals surface area contributed by atoms with Crippen molar-refractivity contribution in [3.05, 3.63) is 69.8 Å². The summed E-state index contributed by atoms with van der Waals surface area (Å²) in [6, 6.07) is 16.0. The summed E-state index contributed by atoms with van der Waals surface area (Å²) < 4.78 is 4.86. The number of likely N-dealkylation sites (tertiary alicyclic amines) is 3. The Hall–Kier alpha value is -1.76. The Balaban J connectivity index is 0.000000122. The molecule has 6 fully saturated rings. The standard InChI is InChI=1S/C21H30N2.C17H24N2.C4H8O/c1-15-3-6-17-12-20-19-14-23(13-16-4-5-16)10-8-21(19,18(17)11-15)7-9-22(20)2;1-12-3-4-13-10-16-15-11-18-7-5-17(15,14(13)9-12)6-8-19(16)2;1-5-4-2-3-4/h3,6,11,16,19-20H,4-5,7-10,12-14H2,1-2H3;3-4,9,15-16,18H,5-8,10-11H2,1-2H3;4H,2-3H2,1H3/t19-,20+,21+;15-,16+,17-;/m00./s1. The van der Waals surface area contributed by atoms with Gasteiger partial charge in [0, 0.05) is 49.7 Å². The Morgan fingerprint density at radius 3 is 1.87 bits per heavy atom. The summed E-state index contributed by atoms with van der Waals surface area (Å²) in [6.45, 7) is 13.5. The van der Waals surface area contributed by atoms with Crippen LogP contribution in [0.5, 0.6) is 0 Å². The summed E-state index contributed by atoms with van der Waals surface area (Å²) in [5.41, 5.74) is 10.6. The topological polar surface area (TPSA) is 31.0 Å². The van der Waals surface area contributed by atoms with Crippen molar-refractivity contribution in [3.8, 4) is 0 Å². The molecule has 5 heteroatoms. The number of hydrogen-bond donors (Lipinski definition) is 1. The number of hydrogen-bond acceptors (Lipinski definition) is 5. The van der Waals surface area contributed by atoms with E-state index in [1.165, 1.54) is 121 Å². The smallest absolute Gasteiger partial charge is 0.0573 e. The molecule has 0 unspecified atom stereocenters. The summed E-state index contributed by atoms with van der Waals surface area (Å²) in [5.74, 6) is 2.69. The molecule has 0 spiro atoms. The lowest BCUT2D eigenvalue weighted by Crippen LogP contribution is -2.64. The minimum Gasteiger partial charge on any atom is -0.381 e. The molecule has 5 nitrogen and oxygen atoms in total. The average Bonchev–Trinajstić information content (AvgIpc) is 4.02. The molecule has 8 aliphatic rings. The van der Waals surface area contributed by atoms with Crippen molar-refractivity contribution < 1.29 is 4.74 Å². The van der Waals surface area contributed by atoms with Crippen LogP contribution in [0, 0.1) is 31.6 Å². The maximum absolute atomic E-state index is 4.86. The number of nitrogens with zero attached hydrogens (tertiary/aromatic N) is 3. The fourth-order valence-electron chi connectivity index (χ4n) is 11.1. The zero-order valence-corrected chi connectivity index (χ0v) is 30.2. The monoisotopic (exact) mass is 638 g/mol. The molecule has 4 heterocycles. The lowest BCUT2D eigenvalue weighted by Gasteiger charge is -2.60. The second-order valence-electron chi connectivity index (χ2n) is 17.2. The molecule has 1 N–H and O–H groups in total. The lowest BCUT2D eigenvalue weighted by molar-refractivity contribution is -0.0284. The number of ether oxygens (including phenoxy) is 1. The Labute approximate surface area is 285 Å². The van der Waals surface area contributed by atoms with Crippen LogP contribution >= 0.6 is 0 Å². The molecule has 2 aromatic carbocycles.